The van der Waals surface area contributed by atoms with Crippen molar-refractivity contribution in [3.63, 3.8) is 0 Å². The quantitative estimate of drug-likeness (QED) is 0.400. The number of nitrogens with one attached hydrogen (secondary N) is 1. The summed E-state index contributed by atoms with van der Waals surface area (Å²) >= 11 is 0. The molecular weight excluding hydrogens is 392 g/mol. The fourth-order valence-electron chi connectivity index (χ4n) is 4.10. The van der Waals surface area contributed by atoms with E-state index in [1.165, 1.54) is 16.7 Å². The van der Waals surface area contributed by atoms with Gasteiger partial charge in [0.15, 0.2) is 0 Å². The minimum atomic E-state index is -1.23. The number of amides is 3. The van der Waals surface area contributed by atoms with Gasteiger partial charge in [0, 0.05) is 13.1 Å². The average molecular weight is 427 g/mol. The van der Waals surface area contributed by atoms with E-state index in [1.54, 1.807) is 0 Å². The minimum absolute atomic E-state index is 0.0982. The summed E-state index contributed by atoms with van der Waals surface area (Å²) in [5, 5.41) is 22.0. The number of aliphatic hydroxyl groups is 1. The number of likely N-dealkylation sites (tertiary alicyclic amines) is 2. The molecule has 0 aliphatic carbocycles. The number of carbonyl (C=O) groups excluding carboxylic acids is 3. The number of carbonyl (C=O) groups is 4. The van der Waals surface area contributed by atoms with Crippen LogP contribution in [-0.2, 0) is 19.2 Å². The van der Waals surface area contributed by atoms with Crippen molar-refractivity contribution in [2.24, 2.45) is 11.7 Å². The highest BCUT2D eigenvalue weighted by Crippen LogP contribution is 2.26. The topological polar surface area (TPSA) is 153 Å². The number of aliphatic hydroxyl groups excluding tert-OH is 1. The molecule has 5 N–H and O–H groups in total. The normalized spacial score (nSPS) is 25.5. The summed E-state index contributed by atoms with van der Waals surface area (Å²) in [5.41, 5.74) is 5.94. The predicted molar refractivity (Wildman–Crippen MR) is 108 cm³/mol. The zero-order valence-corrected chi connectivity index (χ0v) is 17.9. The standard InChI is InChI=1S/C20H34N4O6/c1-4-11(2)15(21)17(26)22-16(12(3)25)19(28)23-9-5-7-13(23)18(27)24-10-6-8-14(24)20(29)30/h11-16,25H,4-10,21H2,1-3H3,(H,22,26)(H,29,30)/t11-,12+,13-,14-,15-,16-/m0/s1. The lowest BCUT2D eigenvalue weighted by molar-refractivity contribution is -0.153. The Labute approximate surface area is 176 Å². The van der Waals surface area contributed by atoms with Gasteiger partial charge in [-0.15, -0.1) is 0 Å². The van der Waals surface area contributed by atoms with Gasteiger partial charge in [-0.25, -0.2) is 4.79 Å². The Morgan fingerprint density at radius 1 is 1.07 bits per heavy atom. The van der Waals surface area contributed by atoms with Crippen molar-refractivity contribution in [2.45, 2.75) is 83.1 Å². The second kappa shape index (κ2) is 10.2. The Balaban J connectivity index is 2.14. The second-order valence-electron chi connectivity index (χ2n) is 8.36. The molecule has 2 aliphatic rings. The number of hydrogen-bond donors (Lipinski definition) is 4. The largest absolute Gasteiger partial charge is 0.480 e. The van der Waals surface area contributed by atoms with Crippen LogP contribution in [0.15, 0.2) is 0 Å². The van der Waals surface area contributed by atoms with Gasteiger partial charge in [0.05, 0.1) is 12.1 Å². The van der Waals surface area contributed by atoms with Crippen molar-refractivity contribution in [1.82, 2.24) is 15.1 Å². The van der Waals surface area contributed by atoms with E-state index in [-0.39, 0.29) is 5.92 Å². The molecule has 2 aliphatic heterocycles. The van der Waals surface area contributed by atoms with Crippen LogP contribution in [0.1, 0.15) is 52.9 Å². The molecule has 2 heterocycles. The van der Waals surface area contributed by atoms with Crippen LogP contribution in [0.4, 0.5) is 0 Å². The molecular formula is C20H34N4O6. The maximum Gasteiger partial charge on any atom is 0.326 e. The minimum Gasteiger partial charge on any atom is -0.480 e. The molecule has 0 saturated carbocycles. The molecule has 3 amide bonds. The van der Waals surface area contributed by atoms with E-state index in [9.17, 15) is 29.4 Å². The van der Waals surface area contributed by atoms with Gasteiger partial charge in [0.25, 0.3) is 0 Å². The highest BCUT2D eigenvalue weighted by atomic mass is 16.4. The van der Waals surface area contributed by atoms with Crippen LogP contribution in [-0.4, -0.2) is 87.1 Å². The first kappa shape index (κ1) is 24.1. The average Bonchev–Trinajstić information content (AvgIpc) is 3.38. The van der Waals surface area contributed by atoms with Gasteiger partial charge < -0.3 is 31.1 Å². The van der Waals surface area contributed by atoms with E-state index in [2.05, 4.69) is 5.32 Å². The van der Waals surface area contributed by atoms with Gasteiger partial charge in [-0.05, 0) is 38.5 Å². The molecule has 30 heavy (non-hydrogen) atoms. The number of rotatable bonds is 8. The fraction of sp³-hybridized carbons (Fsp3) is 0.800. The van der Waals surface area contributed by atoms with Crippen molar-refractivity contribution >= 4 is 23.7 Å². The van der Waals surface area contributed by atoms with Crippen molar-refractivity contribution in [3.05, 3.63) is 0 Å². The van der Waals surface area contributed by atoms with E-state index in [0.717, 1.165) is 0 Å². The van der Waals surface area contributed by atoms with E-state index >= 15 is 0 Å². The number of carboxylic acid groups (broad SMARTS) is 1. The van der Waals surface area contributed by atoms with Crippen LogP contribution in [0.5, 0.6) is 0 Å². The molecule has 170 valence electrons. The number of nitrogens with two attached hydrogens (primary N) is 1. The van der Waals surface area contributed by atoms with E-state index in [0.29, 0.717) is 45.2 Å². The van der Waals surface area contributed by atoms with E-state index in [4.69, 9.17) is 5.73 Å². The monoisotopic (exact) mass is 426 g/mol. The number of nitrogens with zero attached hydrogens (tertiary/aromatic N) is 2. The molecule has 10 nitrogen and oxygen atoms in total. The smallest absolute Gasteiger partial charge is 0.326 e. The third kappa shape index (κ3) is 5.10. The molecule has 0 aromatic carbocycles. The van der Waals surface area contributed by atoms with E-state index in [1.807, 2.05) is 13.8 Å². The lowest BCUT2D eigenvalue weighted by atomic mass is 9.98. The third-order valence-corrected chi connectivity index (χ3v) is 6.25. The molecule has 0 spiro atoms. The number of aliphatic carboxylic acids is 1. The molecule has 10 heteroatoms. The molecule has 0 radical (unpaired) electrons. The fourth-order valence-corrected chi connectivity index (χ4v) is 4.10. The highest BCUT2D eigenvalue weighted by Gasteiger charge is 2.44. The van der Waals surface area contributed by atoms with Crippen molar-refractivity contribution in [2.75, 3.05) is 13.1 Å². The van der Waals surface area contributed by atoms with Crippen LogP contribution in [0.2, 0.25) is 0 Å². The Bertz CT molecular complexity index is 670. The first-order valence-corrected chi connectivity index (χ1v) is 10.7. The summed E-state index contributed by atoms with van der Waals surface area (Å²) < 4.78 is 0. The van der Waals surface area contributed by atoms with Crippen LogP contribution in [0, 0.1) is 5.92 Å². The van der Waals surface area contributed by atoms with Crippen molar-refractivity contribution < 1.29 is 29.4 Å². The maximum absolute atomic E-state index is 13.2. The van der Waals surface area contributed by atoms with Crippen molar-refractivity contribution in [1.29, 1.82) is 0 Å². The predicted octanol–water partition coefficient (Wildman–Crippen LogP) is -0.708. The van der Waals surface area contributed by atoms with Crippen LogP contribution >= 0.6 is 0 Å². The number of carboxylic acids is 1. The van der Waals surface area contributed by atoms with E-state index < -0.39 is 54.0 Å². The Hall–Kier alpha value is -2.20. The Morgan fingerprint density at radius 2 is 1.63 bits per heavy atom. The van der Waals surface area contributed by atoms with Crippen molar-refractivity contribution in [3.8, 4) is 0 Å². The Morgan fingerprint density at radius 3 is 2.17 bits per heavy atom. The van der Waals surface area contributed by atoms with Crippen LogP contribution in [0.3, 0.4) is 0 Å². The lowest BCUT2D eigenvalue weighted by Crippen LogP contribution is -2.60. The third-order valence-electron chi connectivity index (χ3n) is 6.25. The SMILES string of the molecule is CC[C@H](C)[C@H](N)C(=O)N[C@H](C(=O)N1CCC[C@H]1C(=O)N1CCC[C@H]1C(=O)O)[C@@H](C)O. The van der Waals surface area contributed by atoms with Gasteiger partial charge in [-0.2, -0.15) is 0 Å². The summed E-state index contributed by atoms with van der Waals surface area (Å²) in [7, 11) is 0. The second-order valence-corrected chi connectivity index (χ2v) is 8.36. The van der Waals surface area contributed by atoms with Gasteiger partial charge in [-0.1, -0.05) is 20.3 Å². The summed E-state index contributed by atoms with van der Waals surface area (Å²) in [4.78, 5) is 52.8. The highest BCUT2D eigenvalue weighted by molar-refractivity contribution is 5.95. The number of hydrogen-bond acceptors (Lipinski definition) is 6. The summed E-state index contributed by atoms with van der Waals surface area (Å²) in [6.45, 7) is 5.77. The molecule has 0 unspecified atom stereocenters. The molecule has 0 aromatic rings. The zero-order valence-electron chi connectivity index (χ0n) is 17.9. The van der Waals surface area contributed by atoms with Gasteiger partial charge in [-0.3, -0.25) is 14.4 Å². The molecule has 0 aromatic heterocycles. The molecule has 2 fully saturated rings. The summed E-state index contributed by atoms with van der Waals surface area (Å²) in [5.74, 6) is -2.63. The first-order valence-electron chi connectivity index (χ1n) is 10.7. The maximum atomic E-state index is 13.2. The molecule has 0 bridgehead atoms. The first-order chi connectivity index (χ1) is 14.1. The molecule has 2 saturated heterocycles. The van der Waals surface area contributed by atoms with Gasteiger partial charge in [0.1, 0.15) is 18.1 Å². The molecule has 6 atom stereocenters. The summed E-state index contributed by atoms with van der Waals surface area (Å²) in [6.07, 6.45) is 1.50. The van der Waals surface area contributed by atoms with Crippen LogP contribution < -0.4 is 11.1 Å². The lowest BCUT2D eigenvalue weighted by Gasteiger charge is -2.33. The summed E-state index contributed by atoms with van der Waals surface area (Å²) in [6, 6.07) is -3.72. The molecule has 2 rings (SSSR count). The van der Waals surface area contributed by atoms with Gasteiger partial charge in [0.2, 0.25) is 17.7 Å². The Kier molecular flexibility index (Phi) is 8.19. The zero-order chi connectivity index (χ0) is 22.6. The van der Waals surface area contributed by atoms with Crippen LogP contribution in [0.25, 0.3) is 0 Å². The van der Waals surface area contributed by atoms with Gasteiger partial charge >= 0.3 is 5.97 Å².